The van der Waals surface area contributed by atoms with Crippen molar-refractivity contribution in [1.29, 1.82) is 0 Å². The number of carbonyl (C=O) groups is 1. The molecule has 2 rings (SSSR count). The van der Waals surface area contributed by atoms with Crippen LogP contribution < -0.4 is 0 Å². The van der Waals surface area contributed by atoms with Gasteiger partial charge in [-0.25, -0.2) is 4.79 Å². The van der Waals surface area contributed by atoms with E-state index in [2.05, 4.69) is 4.98 Å². The molecular formula is C12H15NO2S. The largest absolute Gasteiger partial charge is 0.478 e. The maximum Gasteiger partial charge on any atom is 0.336 e. The molecule has 1 N–H and O–H groups in total. The average molecular weight is 237 g/mol. The van der Waals surface area contributed by atoms with Crippen molar-refractivity contribution in [1.82, 2.24) is 4.98 Å². The molecule has 1 aliphatic carbocycles. The van der Waals surface area contributed by atoms with Gasteiger partial charge in [0.15, 0.2) is 0 Å². The Morgan fingerprint density at radius 1 is 1.50 bits per heavy atom. The minimum Gasteiger partial charge on any atom is -0.478 e. The van der Waals surface area contributed by atoms with Gasteiger partial charge in [0.1, 0.15) is 0 Å². The summed E-state index contributed by atoms with van der Waals surface area (Å²) in [6, 6.07) is 1.57. The Morgan fingerprint density at radius 2 is 2.25 bits per heavy atom. The lowest BCUT2D eigenvalue weighted by molar-refractivity contribution is 0.0693. The van der Waals surface area contributed by atoms with Crippen molar-refractivity contribution in [2.24, 2.45) is 5.92 Å². The van der Waals surface area contributed by atoms with Crippen LogP contribution in [0.4, 0.5) is 0 Å². The molecule has 1 aliphatic rings. The zero-order valence-electron chi connectivity index (χ0n) is 9.06. The van der Waals surface area contributed by atoms with Crippen LogP contribution in [0.25, 0.3) is 0 Å². The number of pyridine rings is 1. The zero-order valence-corrected chi connectivity index (χ0v) is 9.87. The number of carboxylic acid groups (broad SMARTS) is 1. The van der Waals surface area contributed by atoms with Gasteiger partial charge in [0.2, 0.25) is 0 Å². The van der Waals surface area contributed by atoms with Crippen LogP contribution in [0, 0.1) is 5.92 Å². The highest BCUT2D eigenvalue weighted by molar-refractivity contribution is 7.99. The minimum atomic E-state index is -0.865. The Hall–Kier alpha value is -1.03. The molecule has 0 unspecified atom stereocenters. The number of carboxylic acids is 1. The van der Waals surface area contributed by atoms with Crippen molar-refractivity contribution in [3.05, 3.63) is 24.0 Å². The Bertz CT molecular complexity index is 375. The molecule has 1 aromatic rings. The first kappa shape index (κ1) is 11.5. The number of rotatable bonds is 4. The fraction of sp³-hybridized carbons (Fsp3) is 0.500. The predicted octanol–water partition coefficient (Wildman–Crippen LogP) is 3.06. The molecule has 0 spiro atoms. The first-order chi connectivity index (χ1) is 7.77. The second kappa shape index (κ2) is 5.34. The summed E-state index contributed by atoms with van der Waals surface area (Å²) in [5, 5.41) is 9.02. The van der Waals surface area contributed by atoms with Crippen LogP contribution in [0.1, 0.15) is 36.0 Å². The Kier molecular flexibility index (Phi) is 3.83. The smallest absolute Gasteiger partial charge is 0.336 e. The molecule has 0 aromatic carbocycles. The molecule has 4 heteroatoms. The van der Waals surface area contributed by atoms with Crippen LogP contribution in [-0.2, 0) is 0 Å². The van der Waals surface area contributed by atoms with Crippen molar-refractivity contribution in [3.8, 4) is 0 Å². The van der Waals surface area contributed by atoms with Crippen LogP contribution >= 0.6 is 11.8 Å². The standard InChI is InChI=1S/C12H15NO2S/c14-12(15)10-5-6-13-7-11(10)16-8-9-3-1-2-4-9/h5-7,9H,1-4,8H2,(H,14,15). The first-order valence-electron chi connectivity index (χ1n) is 5.57. The first-order valence-corrected chi connectivity index (χ1v) is 6.56. The number of aromatic carboxylic acids is 1. The zero-order chi connectivity index (χ0) is 11.4. The molecule has 0 atom stereocenters. The molecule has 0 saturated heterocycles. The summed E-state index contributed by atoms with van der Waals surface area (Å²) in [7, 11) is 0. The van der Waals surface area contributed by atoms with Crippen LogP contribution in [-0.4, -0.2) is 21.8 Å². The lowest BCUT2D eigenvalue weighted by atomic mass is 10.1. The maximum absolute atomic E-state index is 11.0. The summed E-state index contributed by atoms with van der Waals surface area (Å²) in [6.07, 6.45) is 8.41. The second-order valence-corrected chi connectivity index (χ2v) is 5.20. The van der Waals surface area contributed by atoms with E-state index in [4.69, 9.17) is 5.11 Å². The van der Waals surface area contributed by atoms with Gasteiger partial charge >= 0.3 is 5.97 Å². The second-order valence-electron chi connectivity index (χ2n) is 4.14. The third-order valence-electron chi connectivity index (χ3n) is 2.96. The van der Waals surface area contributed by atoms with Gasteiger partial charge in [0.25, 0.3) is 0 Å². The summed E-state index contributed by atoms with van der Waals surface area (Å²) >= 11 is 1.63. The van der Waals surface area contributed by atoms with Gasteiger partial charge in [-0.2, -0.15) is 0 Å². The van der Waals surface area contributed by atoms with Gasteiger partial charge < -0.3 is 5.11 Å². The van der Waals surface area contributed by atoms with Gasteiger partial charge in [0, 0.05) is 23.0 Å². The average Bonchev–Trinajstić information content (AvgIpc) is 2.79. The summed E-state index contributed by atoms with van der Waals surface area (Å²) in [4.78, 5) is 15.8. The van der Waals surface area contributed by atoms with Crippen molar-refractivity contribution < 1.29 is 9.90 Å². The van der Waals surface area contributed by atoms with Gasteiger partial charge in [-0.15, -0.1) is 11.8 Å². The molecule has 86 valence electrons. The predicted molar refractivity (Wildman–Crippen MR) is 63.9 cm³/mol. The fourth-order valence-corrected chi connectivity index (χ4v) is 3.25. The van der Waals surface area contributed by atoms with E-state index in [-0.39, 0.29) is 0 Å². The van der Waals surface area contributed by atoms with Crippen molar-refractivity contribution in [3.63, 3.8) is 0 Å². The van der Waals surface area contributed by atoms with Crippen molar-refractivity contribution >= 4 is 17.7 Å². The number of hydrogen-bond donors (Lipinski definition) is 1. The highest BCUT2D eigenvalue weighted by Crippen LogP contribution is 2.31. The fourth-order valence-electron chi connectivity index (χ4n) is 2.06. The molecule has 0 aliphatic heterocycles. The minimum absolute atomic E-state index is 0.373. The summed E-state index contributed by atoms with van der Waals surface area (Å²) in [5.41, 5.74) is 0.373. The van der Waals surface area contributed by atoms with Gasteiger partial charge in [0.05, 0.1) is 5.56 Å². The normalized spacial score (nSPS) is 16.5. The molecule has 1 aromatic heterocycles. The molecular weight excluding hydrogens is 222 g/mol. The lowest BCUT2D eigenvalue weighted by Crippen LogP contribution is -2.02. The Labute approximate surface area is 99.3 Å². The number of nitrogens with zero attached hydrogens (tertiary/aromatic N) is 1. The summed E-state index contributed by atoms with van der Waals surface area (Å²) in [5.74, 6) is 0.912. The van der Waals surface area contributed by atoms with Crippen molar-refractivity contribution in [2.45, 2.75) is 30.6 Å². The lowest BCUT2D eigenvalue weighted by Gasteiger charge is -2.09. The molecule has 0 radical (unpaired) electrons. The topological polar surface area (TPSA) is 50.2 Å². The van der Waals surface area contributed by atoms with E-state index in [0.29, 0.717) is 5.56 Å². The highest BCUT2D eigenvalue weighted by Gasteiger charge is 2.17. The van der Waals surface area contributed by atoms with Gasteiger partial charge in [-0.3, -0.25) is 4.98 Å². The monoisotopic (exact) mass is 237 g/mol. The van der Waals surface area contributed by atoms with E-state index in [9.17, 15) is 4.79 Å². The van der Waals surface area contributed by atoms with E-state index >= 15 is 0 Å². The Morgan fingerprint density at radius 3 is 2.94 bits per heavy atom. The molecule has 1 heterocycles. The molecule has 16 heavy (non-hydrogen) atoms. The third-order valence-corrected chi connectivity index (χ3v) is 4.24. The SMILES string of the molecule is O=C(O)c1ccncc1SCC1CCCC1. The van der Waals surface area contributed by atoms with Crippen LogP contribution in [0.2, 0.25) is 0 Å². The number of aromatic nitrogens is 1. The van der Waals surface area contributed by atoms with E-state index in [1.807, 2.05) is 0 Å². The van der Waals surface area contributed by atoms with Gasteiger partial charge in [-0.05, 0) is 24.8 Å². The maximum atomic E-state index is 11.0. The molecule has 1 fully saturated rings. The van der Waals surface area contributed by atoms with E-state index in [1.54, 1.807) is 24.0 Å². The van der Waals surface area contributed by atoms with Gasteiger partial charge in [-0.1, -0.05) is 12.8 Å². The van der Waals surface area contributed by atoms with Crippen LogP contribution in [0.3, 0.4) is 0 Å². The number of hydrogen-bond acceptors (Lipinski definition) is 3. The molecule has 1 saturated carbocycles. The Balaban J connectivity index is 2.00. The van der Waals surface area contributed by atoms with E-state index in [0.717, 1.165) is 16.6 Å². The quantitative estimate of drug-likeness (QED) is 0.818. The van der Waals surface area contributed by atoms with Crippen LogP contribution in [0.15, 0.2) is 23.4 Å². The van der Waals surface area contributed by atoms with Crippen molar-refractivity contribution in [2.75, 3.05) is 5.75 Å². The highest BCUT2D eigenvalue weighted by atomic mass is 32.2. The van der Waals surface area contributed by atoms with E-state index in [1.165, 1.54) is 31.9 Å². The molecule has 0 bridgehead atoms. The molecule has 3 nitrogen and oxygen atoms in total. The summed E-state index contributed by atoms with van der Waals surface area (Å²) in [6.45, 7) is 0. The third kappa shape index (κ3) is 2.76. The van der Waals surface area contributed by atoms with Crippen LogP contribution in [0.5, 0.6) is 0 Å². The number of thioether (sulfide) groups is 1. The molecule has 0 amide bonds. The summed E-state index contributed by atoms with van der Waals surface area (Å²) < 4.78 is 0. The van der Waals surface area contributed by atoms with E-state index < -0.39 is 5.97 Å².